The Morgan fingerprint density at radius 2 is 1.89 bits per heavy atom. The van der Waals surface area contributed by atoms with Crippen LogP contribution in [0.3, 0.4) is 0 Å². The van der Waals surface area contributed by atoms with E-state index in [2.05, 4.69) is 4.98 Å². The van der Waals surface area contributed by atoms with Gasteiger partial charge in [0.25, 0.3) is 0 Å². The SMILES string of the molecule is NC(=O)C1(Cc2ccncc2)CCN(C(=O)O)CC1. The molecule has 2 heterocycles. The molecule has 0 spiro atoms. The van der Waals surface area contributed by atoms with Crippen molar-refractivity contribution in [3.05, 3.63) is 30.1 Å². The van der Waals surface area contributed by atoms with Crippen LogP contribution in [0.25, 0.3) is 0 Å². The fraction of sp³-hybridized carbons (Fsp3) is 0.462. The molecular formula is C13H17N3O3. The number of hydrogen-bond donors (Lipinski definition) is 2. The predicted molar refractivity (Wildman–Crippen MR) is 68.4 cm³/mol. The van der Waals surface area contributed by atoms with Crippen molar-refractivity contribution < 1.29 is 14.7 Å². The standard InChI is InChI=1S/C13H17N3O3/c14-11(17)13(9-10-1-5-15-6-2-10)3-7-16(8-4-13)12(18)19/h1-2,5-6H,3-4,7-9H2,(H2,14,17)(H,18,19). The van der Waals surface area contributed by atoms with Gasteiger partial charge in [0.1, 0.15) is 0 Å². The number of likely N-dealkylation sites (tertiary alicyclic amines) is 1. The summed E-state index contributed by atoms with van der Waals surface area (Å²) in [5.74, 6) is -0.352. The Kier molecular flexibility index (Phi) is 3.69. The molecule has 0 radical (unpaired) electrons. The molecule has 6 nitrogen and oxygen atoms in total. The first-order valence-electron chi connectivity index (χ1n) is 6.20. The van der Waals surface area contributed by atoms with Crippen LogP contribution < -0.4 is 5.73 Å². The highest BCUT2D eigenvalue weighted by molar-refractivity contribution is 5.81. The molecule has 1 aromatic heterocycles. The quantitative estimate of drug-likeness (QED) is 0.845. The lowest BCUT2D eigenvalue weighted by molar-refractivity contribution is -0.130. The predicted octanol–water partition coefficient (Wildman–Crippen LogP) is 0.870. The molecule has 1 saturated heterocycles. The molecule has 0 saturated carbocycles. The minimum Gasteiger partial charge on any atom is -0.465 e. The van der Waals surface area contributed by atoms with Gasteiger partial charge in [0.05, 0.1) is 5.41 Å². The van der Waals surface area contributed by atoms with E-state index in [-0.39, 0.29) is 5.91 Å². The van der Waals surface area contributed by atoms with Crippen LogP contribution in [0.2, 0.25) is 0 Å². The van der Waals surface area contributed by atoms with Crippen molar-refractivity contribution in [1.29, 1.82) is 0 Å². The maximum absolute atomic E-state index is 11.8. The Hall–Kier alpha value is -2.11. The molecule has 2 rings (SSSR count). The Balaban J connectivity index is 2.13. The molecule has 1 fully saturated rings. The van der Waals surface area contributed by atoms with Gasteiger partial charge in [-0.15, -0.1) is 0 Å². The average Bonchev–Trinajstić information content (AvgIpc) is 2.40. The number of hydrogen-bond acceptors (Lipinski definition) is 3. The first-order valence-corrected chi connectivity index (χ1v) is 6.20. The second-order valence-corrected chi connectivity index (χ2v) is 4.95. The molecular weight excluding hydrogens is 246 g/mol. The third-order valence-electron chi connectivity index (χ3n) is 3.81. The van der Waals surface area contributed by atoms with Crippen molar-refractivity contribution in [2.45, 2.75) is 19.3 Å². The summed E-state index contributed by atoms with van der Waals surface area (Å²) in [4.78, 5) is 28.0. The van der Waals surface area contributed by atoms with Gasteiger partial charge >= 0.3 is 6.09 Å². The van der Waals surface area contributed by atoms with Crippen LogP contribution in [0.15, 0.2) is 24.5 Å². The highest BCUT2D eigenvalue weighted by atomic mass is 16.4. The molecule has 3 N–H and O–H groups in total. The Morgan fingerprint density at radius 3 is 2.37 bits per heavy atom. The maximum Gasteiger partial charge on any atom is 0.407 e. The minimum absolute atomic E-state index is 0.351. The Labute approximate surface area is 111 Å². The number of pyridine rings is 1. The van der Waals surface area contributed by atoms with Gasteiger partial charge in [-0.1, -0.05) is 0 Å². The number of carbonyl (C=O) groups excluding carboxylic acids is 1. The van der Waals surface area contributed by atoms with E-state index in [1.807, 2.05) is 12.1 Å². The molecule has 0 aromatic carbocycles. The molecule has 19 heavy (non-hydrogen) atoms. The van der Waals surface area contributed by atoms with Crippen LogP contribution in [0.5, 0.6) is 0 Å². The monoisotopic (exact) mass is 263 g/mol. The van der Waals surface area contributed by atoms with Crippen LogP contribution in [0.4, 0.5) is 4.79 Å². The molecule has 102 valence electrons. The summed E-state index contributed by atoms with van der Waals surface area (Å²) >= 11 is 0. The summed E-state index contributed by atoms with van der Waals surface area (Å²) in [6.45, 7) is 0.701. The van der Waals surface area contributed by atoms with Crippen LogP contribution >= 0.6 is 0 Å². The normalized spacial score (nSPS) is 18.0. The molecule has 1 aromatic rings. The number of primary amides is 1. The smallest absolute Gasteiger partial charge is 0.407 e. The van der Waals surface area contributed by atoms with Gasteiger partial charge in [-0.2, -0.15) is 0 Å². The van der Waals surface area contributed by atoms with E-state index in [1.54, 1.807) is 12.4 Å². The molecule has 0 atom stereocenters. The van der Waals surface area contributed by atoms with E-state index in [0.29, 0.717) is 32.4 Å². The van der Waals surface area contributed by atoms with Crippen molar-refractivity contribution in [2.75, 3.05) is 13.1 Å². The van der Waals surface area contributed by atoms with Gasteiger partial charge < -0.3 is 15.7 Å². The lowest BCUT2D eigenvalue weighted by Crippen LogP contribution is -2.49. The second-order valence-electron chi connectivity index (χ2n) is 4.95. The zero-order valence-electron chi connectivity index (χ0n) is 10.6. The number of rotatable bonds is 3. The number of aromatic nitrogens is 1. The summed E-state index contributed by atoms with van der Waals surface area (Å²) in [6, 6.07) is 3.71. The van der Waals surface area contributed by atoms with Crippen molar-refractivity contribution in [2.24, 2.45) is 11.1 Å². The lowest BCUT2D eigenvalue weighted by Gasteiger charge is -2.38. The van der Waals surface area contributed by atoms with Crippen molar-refractivity contribution in [1.82, 2.24) is 9.88 Å². The minimum atomic E-state index is -0.943. The van der Waals surface area contributed by atoms with E-state index in [4.69, 9.17) is 10.8 Å². The number of nitrogens with two attached hydrogens (primary N) is 1. The molecule has 6 heteroatoms. The molecule has 1 aliphatic rings. The van der Waals surface area contributed by atoms with Gasteiger partial charge in [0.2, 0.25) is 5.91 Å². The van der Waals surface area contributed by atoms with Crippen molar-refractivity contribution in [3.63, 3.8) is 0 Å². The van der Waals surface area contributed by atoms with Gasteiger partial charge in [0.15, 0.2) is 0 Å². The summed E-state index contributed by atoms with van der Waals surface area (Å²) in [7, 11) is 0. The first-order chi connectivity index (χ1) is 9.03. The zero-order chi connectivity index (χ0) is 13.9. The van der Waals surface area contributed by atoms with Crippen LogP contribution in [-0.4, -0.2) is 40.1 Å². The number of piperidine rings is 1. The van der Waals surface area contributed by atoms with Gasteiger partial charge in [-0.3, -0.25) is 9.78 Å². The second kappa shape index (κ2) is 5.26. The molecule has 0 unspecified atom stereocenters. The summed E-state index contributed by atoms with van der Waals surface area (Å²) < 4.78 is 0. The third kappa shape index (κ3) is 2.83. The number of amides is 2. The largest absolute Gasteiger partial charge is 0.465 e. The van der Waals surface area contributed by atoms with Gasteiger partial charge in [0, 0.05) is 25.5 Å². The Bertz CT molecular complexity index is 467. The molecule has 0 bridgehead atoms. The lowest BCUT2D eigenvalue weighted by atomic mass is 9.73. The average molecular weight is 263 g/mol. The van der Waals surface area contributed by atoms with E-state index < -0.39 is 11.5 Å². The summed E-state index contributed by atoms with van der Waals surface area (Å²) in [6.07, 6.45) is 3.89. The number of carbonyl (C=O) groups is 2. The number of carboxylic acid groups (broad SMARTS) is 1. The number of nitrogens with zero attached hydrogens (tertiary/aromatic N) is 2. The highest BCUT2D eigenvalue weighted by Crippen LogP contribution is 2.34. The zero-order valence-corrected chi connectivity index (χ0v) is 10.6. The summed E-state index contributed by atoms with van der Waals surface area (Å²) in [5.41, 5.74) is 5.90. The molecule has 0 aliphatic carbocycles. The van der Waals surface area contributed by atoms with E-state index >= 15 is 0 Å². The van der Waals surface area contributed by atoms with Crippen LogP contribution in [0.1, 0.15) is 18.4 Å². The fourth-order valence-corrected chi connectivity index (χ4v) is 2.53. The fourth-order valence-electron chi connectivity index (χ4n) is 2.53. The van der Waals surface area contributed by atoms with E-state index in [9.17, 15) is 9.59 Å². The Morgan fingerprint density at radius 1 is 1.32 bits per heavy atom. The highest BCUT2D eigenvalue weighted by Gasteiger charge is 2.40. The van der Waals surface area contributed by atoms with Crippen LogP contribution in [0, 0.1) is 5.41 Å². The molecule has 2 amide bonds. The van der Waals surface area contributed by atoms with Crippen molar-refractivity contribution in [3.8, 4) is 0 Å². The van der Waals surface area contributed by atoms with Crippen molar-refractivity contribution >= 4 is 12.0 Å². The topological polar surface area (TPSA) is 96.5 Å². The van der Waals surface area contributed by atoms with E-state index in [1.165, 1.54) is 4.90 Å². The van der Waals surface area contributed by atoms with Gasteiger partial charge in [-0.05, 0) is 37.0 Å². The van der Waals surface area contributed by atoms with Crippen LogP contribution in [-0.2, 0) is 11.2 Å². The maximum atomic E-state index is 11.8. The first kappa shape index (κ1) is 13.3. The third-order valence-corrected chi connectivity index (χ3v) is 3.81. The molecule has 1 aliphatic heterocycles. The van der Waals surface area contributed by atoms with E-state index in [0.717, 1.165) is 5.56 Å². The summed E-state index contributed by atoms with van der Waals surface area (Å²) in [5, 5.41) is 8.94. The van der Waals surface area contributed by atoms with Gasteiger partial charge in [-0.25, -0.2) is 4.79 Å².